The lowest BCUT2D eigenvalue weighted by Gasteiger charge is -2.36. The molecule has 1 amide bonds. The maximum atomic E-state index is 12.4. The summed E-state index contributed by atoms with van der Waals surface area (Å²) in [5.41, 5.74) is 1.38. The highest BCUT2D eigenvalue weighted by Crippen LogP contribution is 2.37. The van der Waals surface area contributed by atoms with Crippen LogP contribution in [-0.4, -0.2) is 16.9 Å². The average molecular weight is 397 g/mol. The van der Waals surface area contributed by atoms with Gasteiger partial charge >= 0.3 is 0 Å². The zero-order valence-corrected chi connectivity index (χ0v) is 15.0. The Morgan fingerprint density at radius 2 is 1.80 bits per heavy atom. The van der Waals surface area contributed by atoms with Crippen LogP contribution in [0.2, 0.25) is 0 Å². The number of aromatic amines is 1. The highest BCUT2D eigenvalue weighted by atomic mass is 79.9. The molecule has 0 radical (unpaired) electrons. The van der Waals surface area contributed by atoms with Crippen molar-refractivity contribution in [3.8, 4) is 0 Å². The molecule has 4 nitrogen and oxygen atoms in total. The molecule has 1 aliphatic rings. The summed E-state index contributed by atoms with van der Waals surface area (Å²) in [6, 6.07) is 17.5. The van der Waals surface area contributed by atoms with E-state index in [1.54, 1.807) is 12.1 Å². The van der Waals surface area contributed by atoms with E-state index in [1.807, 2.05) is 30.3 Å². The van der Waals surface area contributed by atoms with Gasteiger partial charge in [0.2, 0.25) is 0 Å². The summed E-state index contributed by atoms with van der Waals surface area (Å²) in [4.78, 5) is 27.2. The Balaban J connectivity index is 1.43. The minimum Gasteiger partial charge on any atom is -0.348 e. The van der Waals surface area contributed by atoms with Crippen LogP contribution >= 0.6 is 15.9 Å². The van der Waals surface area contributed by atoms with Crippen LogP contribution in [0.3, 0.4) is 0 Å². The van der Waals surface area contributed by atoms with Crippen molar-refractivity contribution in [1.82, 2.24) is 10.3 Å². The van der Waals surface area contributed by atoms with Gasteiger partial charge in [-0.2, -0.15) is 0 Å². The van der Waals surface area contributed by atoms with Gasteiger partial charge in [0, 0.05) is 15.9 Å². The molecule has 3 aromatic rings. The molecule has 1 fully saturated rings. The SMILES string of the molecule is O=C(NC1CC(c2ccc(Br)cc2)C1)c1cc2ccccc2c(=O)[nH]1. The molecule has 4 rings (SSSR count). The van der Waals surface area contributed by atoms with E-state index in [4.69, 9.17) is 0 Å². The fourth-order valence-electron chi connectivity index (χ4n) is 3.34. The number of rotatable bonds is 3. The second-order valence-electron chi connectivity index (χ2n) is 6.49. The van der Waals surface area contributed by atoms with Crippen molar-refractivity contribution in [2.75, 3.05) is 0 Å². The van der Waals surface area contributed by atoms with Crippen LogP contribution in [0.5, 0.6) is 0 Å². The quantitative estimate of drug-likeness (QED) is 0.703. The van der Waals surface area contributed by atoms with Crippen LogP contribution in [0.15, 0.2) is 63.9 Å². The first-order valence-corrected chi connectivity index (χ1v) is 9.08. The minimum atomic E-state index is -0.232. The van der Waals surface area contributed by atoms with Crippen LogP contribution in [0.25, 0.3) is 10.8 Å². The normalized spacial score (nSPS) is 19.4. The predicted molar refractivity (Wildman–Crippen MR) is 102 cm³/mol. The number of H-pyrrole nitrogens is 1. The standard InChI is InChI=1S/C20H17BrN2O2/c21-15-7-5-12(6-8-15)14-9-16(10-14)22-20(25)18-11-13-3-1-2-4-17(13)19(24)23-18/h1-8,11,14,16H,9-10H2,(H,22,25)(H,23,24). The van der Waals surface area contributed by atoms with Gasteiger partial charge < -0.3 is 10.3 Å². The summed E-state index contributed by atoms with van der Waals surface area (Å²) in [6.45, 7) is 0. The zero-order valence-electron chi connectivity index (χ0n) is 13.5. The first kappa shape index (κ1) is 16.1. The van der Waals surface area contributed by atoms with Crippen LogP contribution in [0.1, 0.15) is 34.8 Å². The number of pyridine rings is 1. The van der Waals surface area contributed by atoms with E-state index in [0.717, 1.165) is 22.7 Å². The van der Waals surface area contributed by atoms with Crippen LogP contribution in [-0.2, 0) is 0 Å². The molecule has 25 heavy (non-hydrogen) atoms. The molecule has 0 atom stereocenters. The lowest BCUT2D eigenvalue weighted by atomic mass is 9.76. The molecule has 0 unspecified atom stereocenters. The van der Waals surface area contributed by atoms with Crippen molar-refractivity contribution in [2.45, 2.75) is 24.8 Å². The van der Waals surface area contributed by atoms with Crippen LogP contribution in [0.4, 0.5) is 0 Å². The van der Waals surface area contributed by atoms with Crippen molar-refractivity contribution in [1.29, 1.82) is 0 Å². The molecular formula is C20H17BrN2O2. The molecule has 126 valence electrons. The highest BCUT2D eigenvalue weighted by Gasteiger charge is 2.31. The number of amides is 1. The fraction of sp³-hybridized carbons (Fsp3) is 0.200. The van der Waals surface area contributed by atoms with Gasteiger partial charge in [-0.25, -0.2) is 0 Å². The summed E-state index contributed by atoms with van der Waals surface area (Å²) in [7, 11) is 0. The summed E-state index contributed by atoms with van der Waals surface area (Å²) < 4.78 is 1.07. The van der Waals surface area contributed by atoms with Gasteiger partial charge in [-0.1, -0.05) is 46.3 Å². The fourth-order valence-corrected chi connectivity index (χ4v) is 3.60. The first-order chi connectivity index (χ1) is 12.1. The van der Waals surface area contributed by atoms with Gasteiger partial charge in [0.15, 0.2) is 0 Å². The summed E-state index contributed by atoms with van der Waals surface area (Å²) in [5, 5.41) is 4.39. The van der Waals surface area contributed by atoms with Crippen molar-refractivity contribution < 1.29 is 4.79 Å². The summed E-state index contributed by atoms with van der Waals surface area (Å²) in [6.07, 6.45) is 1.84. The van der Waals surface area contributed by atoms with Crippen LogP contribution in [0, 0.1) is 0 Å². The third-order valence-electron chi connectivity index (χ3n) is 4.81. The van der Waals surface area contributed by atoms with Crippen LogP contribution < -0.4 is 10.9 Å². The number of aromatic nitrogens is 1. The van der Waals surface area contributed by atoms with Crippen molar-refractivity contribution in [3.05, 3.63) is 80.7 Å². The third kappa shape index (κ3) is 3.24. The largest absolute Gasteiger partial charge is 0.348 e. The molecule has 0 bridgehead atoms. The molecule has 2 aromatic carbocycles. The topological polar surface area (TPSA) is 62.0 Å². The van der Waals surface area contributed by atoms with Gasteiger partial charge in [-0.3, -0.25) is 9.59 Å². The monoisotopic (exact) mass is 396 g/mol. The highest BCUT2D eigenvalue weighted by molar-refractivity contribution is 9.10. The van der Waals surface area contributed by atoms with Gasteiger partial charge in [0.25, 0.3) is 11.5 Å². The molecule has 1 heterocycles. The Hall–Kier alpha value is -2.40. The van der Waals surface area contributed by atoms with Gasteiger partial charge in [-0.05, 0) is 54.0 Å². The third-order valence-corrected chi connectivity index (χ3v) is 5.34. The Morgan fingerprint density at radius 3 is 2.56 bits per heavy atom. The second-order valence-corrected chi connectivity index (χ2v) is 7.41. The number of carbonyl (C=O) groups is 1. The molecule has 1 aliphatic carbocycles. The average Bonchev–Trinajstić information content (AvgIpc) is 2.58. The van der Waals surface area contributed by atoms with E-state index >= 15 is 0 Å². The van der Waals surface area contributed by atoms with Gasteiger partial charge in [0.05, 0.1) is 0 Å². The molecule has 0 saturated heterocycles. The van der Waals surface area contributed by atoms with E-state index in [0.29, 0.717) is 17.0 Å². The Morgan fingerprint density at radius 1 is 1.08 bits per heavy atom. The first-order valence-electron chi connectivity index (χ1n) is 8.28. The molecule has 0 spiro atoms. The van der Waals surface area contributed by atoms with E-state index in [1.165, 1.54) is 5.56 Å². The van der Waals surface area contributed by atoms with Crippen molar-refractivity contribution in [3.63, 3.8) is 0 Å². The molecule has 1 saturated carbocycles. The number of hydrogen-bond donors (Lipinski definition) is 2. The van der Waals surface area contributed by atoms with E-state index < -0.39 is 0 Å². The second kappa shape index (κ2) is 6.48. The number of fused-ring (bicyclic) bond motifs is 1. The number of nitrogens with one attached hydrogen (secondary N) is 2. The summed E-state index contributed by atoms with van der Waals surface area (Å²) >= 11 is 3.44. The van der Waals surface area contributed by atoms with Gasteiger partial charge in [0.1, 0.15) is 5.69 Å². The molecule has 5 heteroatoms. The van der Waals surface area contributed by atoms with Crippen molar-refractivity contribution >= 4 is 32.6 Å². The van der Waals surface area contributed by atoms with E-state index in [9.17, 15) is 9.59 Å². The van der Waals surface area contributed by atoms with Crippen molar-refractivity contribution in [2.24, 2.45) is 0 Å². The molecular weight excluding hydrogens is 380 g/mol. The number of benzene rings is 2. The lowest BCUT2D eigenvalue weighted by molar-refractivity contribution is 0.0904. The molecule has 1 aromatic heterocycles. The zero-order chi connectivity index (χ0) is 17.4. The summed E-state index contributed by atoms with van der Waals surface area (Å²) in [5.74, 6) is 0.260. The lowest BCUT2D eigenvalue weighted by Crippen LogP contribution is -2.43. The van der Waals surface area contributed by atoms with Gasteiger partial charge in [-0.15, -0.1) is 0 Å². The number of hydrogen-bond acceptors (Lipinski definition) is 2. The smallest absolute Gasteiger partial charge is 0.268 e. The maximum absolute atomic E-state index is 12.4. The molecule has 0 aliphatic heterocycles. The predicted octanol–water partition coefficient (Wildman–Crippen LogP) is 3.97. The number of carbonyl (C=O) groups excluding carboxylic acids is 1. The number of halogens is 1. The Bertz CT molecular complexity index is 988. The Kier molecular flexibility index (Phi) is 4.17. The minimum absolute atomic E-state index is 0.149. The molecule has 2 N–H and O–H groups in total. The Labute approximate surface area is 153 Å². The van der Waals surface area contributed by atoms with E-state index in [2.05, 4.69) is 38.4 Å². The maximum Gasteiger partial charge on any atom is 0.268 e. The van der Waals surface area contributed by atoms with E-state index in [-0.39, 0.29) is 17.5 Å².